The Kier molecular flexibility index (Phi) is 5.85. The molecule has 0 saturated carbocycles. The maximum absolute atomic E-state index is 10.6. The summed E-state index contributed by atoms with van der Waals surface area (Å²) in [5.41, 5.74) is -0.694. The van der Waals surface area contributed by atoms with E-state index in [0.29, 0.717) is 6.07 Å². The zero-order valence-electron chi connectivity index (χ0n) is 7.67. The molecule has 76 valence electrons. The SMILES string of the molecule is O=C([O-])c1cc(S(=O)(=O)O)ccc1O.[Cs+]. The summed E-state index contributed by atoms with van der Waals surface area (Å²) in [6.45, 7) is 0. The third-order valence-corrected chi connectivity index (χ3v) is 2.34. The number of carbonyl (C=O) groups excluding carboxylic acids is 1. The van der Waals surface area contributed by atoms with Gasteiger partial charge in [0.15, 0.2) is 0 Å². The number of hydrogen-bond acceptors (Lipinski definition) is 5. The minimum absolute atomic E-state index is 0. The Labute approximate surface area is 144 Å². The number of phenols is 1. The van der Waals surface area contributed by atoms with Crippen molar-refractivity contribution in [2.75, 3.05) is 0 Å². The molecule has 0 aliphatic rings. The standard InChI is InChI=1S/C7H6O6S.Cs/c8-6-2-1-4(14(11,12)13)3-5(6)7(9)10;/h1-3,8H,(H,9,10)(H,11,12,13);/q;+1/p-1. The molecule has 1 aromatic carbocycles. The monoisotopic (exact) mass is 350 g/mol. The van der Waals surface area contributed by atoms with Gasteiger partial charge in [0, 0.05) is 5.56 Å². The van der Waals surface area contributed by atoms with Gasteiger partial charge in [0.05, 0.1) is 10.9 Å². The number of hydrogen-bond donors (Lipinski definition) is 2. The largest absolute Gasteiger partial charge is 1.00 e. The van der Waals surface area contributed by atoms with Gasteiger partial charge in [-0.1, -0.05) is 0 Å². The van der Waals surface area contributed by atoms with Crippen molar-refractivity contribution in [1.82, 2.24) is 0 Å². The van der Waals surface area contributed by atoms with E-state index < -0.39 is 32.3 Å². The van der Waals surface area contributed by atoms with Crippen LogP contribution >= 0.6 is 0 Å². The van der Waals surface area contributed by atoms with Crippen molar-refractivity contribution in [1.29, 1.82) is 0 Å². The van der Waals surface area contributed by atoms with Gasteiger partial charge < -0.3 is 15.0 Å². The van der Waals surface area contributed by atoms with E-state index in [4.69, 9.17) is 9.66 Å². The molecule has 0 saturated heterocycles. The average molecular weight is 350 g/mol. The maximum atomic E-state index is 10.6. The Balaban J connectivity index is 0.00000196. The van der Waals surface area contributed by atoms with Crippen LogP contribution in [-0.4, -0.2) is 24.0 Å². The molecule has 6 nitrogen and oxygen atoms in total. The summed E-state index contributed by atoms with van der Waals surface area (Å²) in [6, 6.07) is 2.32. The predicted molar refractivity (Wildman–Crippen MR) is 42.3 cm³/mol. The van der Waals surface area contributed by atoms with Gasteiger partial charge >= 0.3 is 68.9 Å². The molecule has 0 aromatic heterocycles. The molecule has 2 N–H and O–H groups in total. The van der Waals surface area contributed by atoms with Gasteiger partial charge in [-0.25, -0.2) is 0 Å². The van der Waals surface area contributed by atoms with Crippen LogP contribution in [0.2, 0.25) is 0 Å². The van der Waals surface area contributed by atoms with Gasteiger partial charge in [-0.3, -0.25) is 4.55 Å². The normalized spacial score (nSPS) is 10.5. The fourth-order valence-corrected chi connectivity index (χ4v) is 1.35. The minimum atomic E-state index is -4.48. The molecule has 1 rings (SSSR count). The van der Waals surface area contributed by atoms with E-state index in [9.17, 15) is 18.3 Å². The molecule has 0 heterocycles. The van der Waals surface area contributed by atoms with E-state index in [1.165, 1.54) is 0 Å². The first-order chi connectivity index (χ1) is 6.32. The third-order valence-electron chi connectivity index (χ3n) is 1.49. The summed E-state index contributed by atoms with van der Waals surface area (Å²) in [4.78, 5) is 9.74. The summed E-state index contributed by atoms with van der Waals surface area (Å²) in [6.07, 6.45) is 0. The fourth-order valence-electron chi connectivity index (χ4n) is 0.839. The van der Waals surface area contributed by atoms with Crippen molar-refractivity contribution in [3.05, 3.63) is 23.8 Å². The molecule has 0 fully saturated rings. The summed E-state index contributed by atoms with van der Waals surface area (Å²) in [5.74, 6) is -2.36. The van der Waals surface area contributed by atoms with Crippen molar-refractivity contribution in [3.8, 4) is 5.75 Å². The van der Waals surface area contributed by atoms with E-state index >= 15 is 0 Å². The molecular weight excluding hydrogens is 345 g/mol. The summed E-state index contributed by atoms with van der Waals surface area (Å²) < 4.78 is 29.7. The maximum Gasteiger partial charge on any atom is 1.00 e. The van der Waals surface area contributed by atoms with Gasteiger partial charge in [-0.2, -0.15) is 8.42 Å². The zero-order valence-corrected chi connectivity index (χ0v) is 14.8. The molecule has 0 unspecified atom stereocenters. The first-order valence-corrected chi connectivity index (χ1v) is 4.78. The number of rotatable bonds is 2. The van der Waals surface area contributed by atoms with Gasteiger partial charge in [0.25, 0.3) is 10.1 Å². The summed E-state index contributed by atoms with van der Waals surface area (Å²) >= 11 is 0. The topological polar surface area (TPSA) is 115 Å². The van der Waals surface area contributed by atoms with E-state index in [2.05, 4.69) is 0 Å². The summed E-state index contributed by atoms with van der Waals surface area (Å²) in [5, 5.41) is 19.3. The Morgan fingerprint density at radius 2 is 1.87 bits per heavy atom. The molecule has 0 amide bonds. The molecule has 15 heavy (non-hydrogen) atoms. The van der Waals surface area contributed by atoms with Crippen LogP contribution in [0.25, 0.3) is 0 Å². The second-order valence-corrected chi connectivity index (χ2v) is 3.86. The van der Waals surface area contributed by atoms with Crippen LogP contribution in [0.1, 0.15) is 10.4 Å². The zero-order chi connectivity index (χ0) is 10.9. The molecule has 0 aliphatic carbocycles. The van der Waals surface area contributed by atoms with E-state index in [-0.39, 0.29) is 68.9 Å². The molecule has 1 aromatic rings. The van der Waals surface area contributed by atoms with Crippen LogP contribution in [0.15, 0.2) is 23.1 Å². The van der Waals surface area contributed by atoms with Crippen LogP contribution in [0.3, 0.4) is 0 Å². The van der Waals surface area contributed by atoms with Gasteiger partial charge in [0.1, 0.15) is 5.75 Å². The van der Waals surface area contributed by atoms with Crippen LogP contribution in [0.4, 0.5) is 0 Å². The van der Waals surface area contributed by atoms with Gasteiger partial charge in [0.2, 0.25) is 0 Å². The molecule has 0 radical (unpaired) electrons. The number of benzene rings is 1. The van der Waals surface area contributed by atoms with Crippen molar-refractivity contribution in [2.24, 2.45) is 0 Å². The van der Waals surface area contributed by atoms with E-state index in [1.807, 2.05) is 0 Å². The third kappa shape index (κ3) is 4.07. The Morgan fingerprint density at radius 3 is 2.27 bits per heavy atom. The quantitative estimate of drug-likeness (QED) is 0.526. The second kappa shape index (κ2) is 5.68. The van der Waals surface area contributed by atoms with Crippen molar-refractivity contribution < 1.29 is 96.9 Å². The van der Waals surface area contributed by atoms with Crippen molar-refractivity contribution >= 4 is 16.1 Å². The number of carboxylic acid groups (broad SMARTS) is 1. The Bertz CT molecular complexity index is 480. The smallest absolute Gasteiger partial charge is 0.545 e. The van der Waals surface area contributed by atoms with E-state index in [1.54, 1.807) is 0 Å². The summed E-state index contributed by atoms with van der Waals surface area (Å²) in [7, 11) is -4.48. The number of aromatic hydroxyl groups is 1. The Hall–Kier alpha value is 0.452. The molecule has 8 heteroatoms. The Morgan fingerprint density at radius 1 is 1.33 bits per heavy atom. The molecule has 0 spiro atoms. The fraction of sp³-hybridized carbons (Fsp3) is 0. The van der Waals surface area contributed by atoms with Crippen LogP contribution < -0.4 is 74.0 Å². The van der Waals surface area contributed by atoms with Crippen LogP contribution in [0, 0.1) is 0 Å². The van der Waals surface area contributed by atoms with Gasteiger partial charge in [-0.05, 0) is 18.2 Å². The molecule has 0 bridgehead atoms. The van der Waals surface area contributed by atoms with E-state index in [0.717, 1.165) is 12.1 Å². The molecule has 0 aliphatic heterocycles. The predicted octanol–water partition coefficient (Wildman–Crippen LogP) is -3.99. The second-order valence-electron chi connectivity index (χ2n) is 2.44. The number of carboxylic acids is 1. The van der Waals surface area contributed by atoms with Crippen molar-refractivity contribution in [2.45, 2.75) is 4.90 Å². The molecule has 0 atom stereocenters. The number of aromatic carboxylic acids is 1. The first kappa shape index (κ1) is 15.5. The average Bonchev–Trinajstić information content (AvgIpc) is 2.02. The number of carbonyl (C=O) groups is 1. The van der Waals surface area contributed by atoms with Crippen LogP contribution in [0.5, 0.6) is 5.75 Å². The molecular formula is C7H5CsO6S. The van der Waals surface area contributed by atoms with Gasteiger partial charge in [-0.15, -0.1) is 0 Å². The first-order valence-electron chi connectivity index (χ1n) is 3.34. The minimum Gasteiger partial charge on any atom is -0.545 e. The van der Waals surface area contributed by atoms with Crippen LogP contribution in [-0.2, 0) is 10.1 Å². The van der Waals surface area contributed by atoms with Crippen molar-refractivity contribution in [3.63, 3.8) is 0 Å².